The first-order valence-electron chi connectivity index (χ1n) is 4.65. The molecule has 1 unspecified atom stereocenters. The molecule has 0 N–H and O–H groups in total. The van der Waals surface area contributed by atoms with Crippen molar-refractivity contribution in [3.05, 3.63) is 29.8 Å². The number of hydrogen-bond acceptors (Lipinski definition) is 2. The van der Waals surface area contributed by atoms with Crippen molar-refractivity contribution < 1.29 is 13.9 Å². The Balaban J connectivity index is 2.23. The Bertz CT molecular complexity index is 298. The zero-order chi connectivity index (χ0) is 10.0. The largest absolute Gasteiger partial charge is 0.497 e. The molecule has 1 aromatic carbocycles. The molecule has 0 saturated carbocycles. The van der Waals surface area contributed by atoms with E-state index in [0.717, 1.165) is 17.7 Å². The molecule has 0 amide bonds. The molecule has 0 radical (unpaired) electrons. The number of halogens is 1. The van der Waals surface area contributed by atoms with Crippen LogP contribution in [0.1, 0.15) is 12.0 Å². The molecule has 0 spiro atoms. The van der Waals surface area contributed by atoms with E-state index in [1.807, 2.05) is 24.3 Å². The minimum atomic E-state index is -0.674. The molecular weight excluding hydrogens is 183 g/mol. The van der Waals surface area contributed by atoms with Gasteiger partial charge in [0.2, 0.25) is 0 Å². The summed E-state index contributed by atoms with van der Waals surface area (Å²) in [5, 5.41) is 0. The summed E-state index contributed by atoms with van der Waals surface area (Å²) in [5.74, 6) is 0.780. The molecule has 0 aliphatic carbocycles. The molecule has 1 aliphatic rings. The predicted molar refractivity (Wildman–Crippen MR) is 51.2 cm³/mol. The molecule has 0 bridgehead atoms. The Morgan fingerprint density at radius 1 is 1.43 bits per heavy atom. The van der Waals surface area contributed by atoms with Crippen molar-refractivity contribution >= 4 is 0 Å². The lowest BCUT2D eigenvalue weighted by Gasteiger charge is -2.40. The maximum atomic E-state index is 12.8. The van der Waals surface area contributed by atoms with Gasteiger partial charge in [-0.3, -0.25) is 0 Å². The van der Waals surface area contributed by atoms with Crippen LogP contribution in [0.25, 0.3) is 0 Å². The summed E-state index contributed by atoms with van der Waals surface area (Å²) in [6, 6.07) is 7.37. The normalized spacial score (nSPS) is 25.6. The molecule has 2 rings (SSSR count). The Labute approximate surface area is 82.6 Å². The summed E-state index contributed by atoms with van der Waals surface area (Å²) >= 11 is 0. The van der Waals surface area contributed by atoms with Gasteiger partial charge in [0, 0.05) is 6.42 Å². The van der Waals surface area contributed by atoms with Gasteiger partial charge in [-0.2, -0.15) is 0 Å². The van der Waals surface area contributed by atoms with Gasteiger partial charge in [-0.15, -0.1) is 0 Å². The smallest absolute Gasteiger partial charge is 0.123 e. The van der Waals surface area contributed by atoms with Crippen LogP contribution >= 0.6 is 0 Å². The number of methoxy groups -OCH3 is 1. The van der Waals surface area contributed by atoms with Crippen LogP contribution < -0.4 is 4.74 Å². The van der Waals surface area contributed by atoms with E-state index in [0.29, 0.717) is 6.61 Å². The summed E-state index contributed by atoms with van der Waals surface area (Å²) < 4.78 is 23.1. The van der Waals surface area contributed by atoms with Crippen LogP contribution in [0.2, 0.25) is 0 Å². The zero-order valence-electron chi connectivity index (χ0n) is 8.13. The predicted octanol–water partition coefficient (Wildman–Crippen LogP) is 2.28. The molecule has 1 aromatic rings. The van der Waals surface area contributed by atoms with E-state index in [-0.39, 0.29) is 0 Å². The minimum Gasteiger partial charge on any atom is -0.497 e. The lowest BCUT2D eigenvalue weighted by molar-refractivity contribution is -0.164. The highest BCUT2D eigenvalue weighted by atomic mass is 19.1. The molecule has 2 nitrogen and oxygen atoms in total. The summed E-state index contributed by atoms with van der Waals surface area (Å²) in [7, 11) is 1.61. The van der Waals surface area contributed by atoms with Crippen molar-refractivity contribution in [2.45, 2.75) is 12.0 Å². The average Bonchev–Trinajstić information content (AvgIpc) is 2.18. The van der Waals surface area contributed by atoms with Crippen LogP contribution in [-0.2, 0) is 10.3 Å². The van der Waals surface area contributed by atoms with Gasteiger partial charge < -0.3 is 9.47 Å². The summed E-state index contributed by atoms with van der Waals surface area (Å²) in [6.45, 7) is 0.190. The van der Waals surface area contributed by atoms with Crippen LogP contribution in [0, 0.1) is 0 Å². The molecule has 1 atom stereocenters. The van der Waals surface area contributed by atoms with E-state index in [1.54, 1.807) is 7.11 Å². The number of rotatable bonds is 3. The molecular formula is C11H13FO2. The monoisotopic (exact) mass is 196 g/mol. The molecule has 1 heterocycles. The second-order valence-electron chi connectivity index (χ2n) is 3.45. The van der Waals surface area contributed by atoms with Gasteiger partial charge in [-0.25, -0.2) is 4.39 Å². The standard InChI is InChI=1S/C11H13FO2/c1-13-10-4-2-9(3-5-10)11(8-12)6-7-14-11/h2-5H,6-8H2,1H3. The highest BCUT2D eigenvalue weighted by molar-refractivity contribution is 5.32. The first-order valence-corrected chi connectivity index (χ1v) is 4.65. The van der Waals surface area contributed by atoms with Crippen LogP contribution in [0.4, 0.5) is 4.39 Å². The third kappa shape index (κ3) is 1.38. The SMILES string of the molecule is COc1ccc(C2(CF)CCO2)cc1. The number of benzene rings is 1. The van der Waals surface area contributed by atoms with Crippen LogP contribution in [0.15, 0.2) is 24.3 Å². The van der Waals surface area contributed by atoms with Crippen molar-refractivity contribution in [2.24, 2.45) is 0 Å². The Morgan fingerprint density at radius 2 is 2.07 bits per heavy atom. The molecule has 14 heavy (non-hydrogen) atoms. The van der Waals surface area contributed by atoms with Crippen molar-refractivity contribution in [1.82, 2.24) is 0 Å². The van der Waals surface area contributed by atoms with Crippen LogP contribution in [0.3, 0.4) is 0 Å². The molecule has 3 heteroatoms. The maximum Gasteiger partial charge on any atom is 0.123 e. The summed E-state index contributed by atoms with van der Waals surface area (Å²) in [4.78, 5) is 0. The zero-order valence-corrected chi connectivity index (χ0v) is 8.13. The lowest BCUT2D eigenvalue weighted by Crippen LogP contribution is -2.42. The van der Waals surface area contributed by atoms with Gasteiger partial charge >= 0.3 is 0 Å². The van der Waals surface area contributed by atoms with Crippen molar-refractivity contribution in [2.75, 3.05) is 20.4 Å². The fourth-order valence-corrected chi connectivity index (χ4v) is 1.65. The number of ether oxygens (including phenoxy) is 2. The fourth-order valence-electron chi connectivity index (χ4n) is 1.65. The molecule has 76 valence electrons. The second-order valence-corrected chi connectivity index (χ2v) is 3.45. The van der Waals surface area contributed by atoms with Crippen molar-refractivity contribution in [3.63, 3.8) is 0 Å². The number of hydrogen-bond donors (Lipinski definition) is 0. The molecule has 0 aromatic heterocycles. The molecule has 1 fully saturated rings. The van der Waals surface area contributed by atoms with Crippen LogP contribution in [0.5, 0.6) is 5.75 Å². The average molecular weight is 196 g/mol. The molecule has 1 aliphatic heterocycles. The Hall–Kier alpha value is -1.09. The van der Waals surface area contributed by atoms with Gasteiger partial charge in [-0.05, 0) is 17.7 Å². The Morgan fingerprint density at radius 3 is 2.43 bits per heavy atom. The number of alkyl halides is 1. The fraction of sp³-hybridized carbons (Fsp3) is 0.455. The lowest BCUT2D eigenvalue weighted by atomic mass is 9.88. The van der Waals surface area contributed by atoms with E-state index in [2.05, 4.69) is 0 Å². The van der Waals surface area contributed by atoms with Gasteiger partial charge in [0.25, 0.3) is 0 Å². The second kappa shape index (κ2) is 3.58. The van der Waals surface area contributed by atoms with Crippen molar-refractivity contribution in [1.29, 1.82) is 0 Å². The first kappa shape index (κ1) is 9.46. The summed E-state index contributed by atoms with van der Waals surface area (Å²) in [5.41, 5.74) is 0.221. The van der Waals surface area contributed by atoms with E-state index >= 15 is 0 Å². The highest BCUT2D eigenvalue weighted by Gasteiger charge is 2.40. The van der Waals surface area contributed by atoms with E-state index in [4.69, 9.17) is 9.47 Å². The van der Waals surface area contributed by atoms with E-state index in [9.17, 15) is 4.39 Å². The molecule has 1 saturated heterocycles. The summed E-state index contributed by atoms with van der Waals surface area (Å²) in [6.07, 6.45) is 0.760. The maximum absolute atomic E-state index is 12.8. The first-order chi connectivity index (χ1) is 6.80. The third-order valence-corrected chi connectivity index (χ3v) is 2.72. The van der Waals surface area contributed by atoms with E-state index < -0.39 is 12.3 Å². The van der Waals surface area contributed by atoms with Gasteiger partial charge in [-0.1, -0.05) is 12.1 Å². The van der Waals surface area contributed by atoms with Gasteiger partial charge in [0.15, 0.2) is 0 Å². The van der Waals surface area contributed by atoms with Crippen LogP contribution in [-0.4, -0.2) is 20.4 Å². The topological polar surface area (TPSA) is 18.5 Å². The minimum absolute atomic E-state index is 0.459. The van der Waals surface area contributed by atoms with Crippen molar-refractivity contribution in [3.8, 4) is 5.75 Å². The third-order valence-electron chi connectivity index (χ3n) is 2.72. The van der Waals surface area contributed by atoms with Gasteiger partial charge in [0.1, 0.15) is 18.0 Å². The quantitative estimate of drug-likeness (QED) is 0.738. The Kier molecular flexibility index (Phi) is 2.42. The van der Waals surface area contributed by atoms with E-state index in [1.165, 1.54) is 0 Å². The highest BCUT2D eigenvalue weighted by Crippen LogP contribution is 2.38. The van der Waals surface area contributed by atoms with Gasteiger partial charge in [0.05, 0.1) is 13.7 Å².